The van der Waals surface area contributed by atoms with Crippen molar-refractivity contribution in [2.75, 3.05) is 14.2 Å². The number of nitrogens with zero attached hydrogens (tertiary/aromatic N) is 1. The number of aliphatic imine (C=N–C) groups is 1. The van der Waals surface area contributed by atoms with Crippen molar-refractivity contribution in [1.29, 1.82) is 0 Å². The SMILES string of the molecule is CCC(=NC)OC. The van der Waals surface area contributed by atoms with Crippen molar-refractivity contribution in [3.05, 3.63) is 0 Å². The van der Waals surface area contributed by atoms with E-state index in [1.54, 1.807) is 14.2 Å². The van der Waals surface area contributed by atoms with E-state index in [-0.39, 0.29) is 0 Å². The standard InChI is InChI=1S/C5H11NO/c1-4-5(6-2)7-3/h4H2,1-3H3. The second-order valence-corrected chi connectivity index (χ2v) is 1.18. The molecule has 2 nitrogen and oxygen atoms in total. The van der Waals surface area contributed by atoms with Gasteiger partial charge in [0.05, 0.1) is 7.11 Å². The van der Waals surface area contributed by atoms with Gasteiger partial charge in [0, 0.05) is 13.5 Å². The number of methoxy groups -OCH3 is 1. The van der Waals surface area contributed by atoms with Crippen LogP contribution in [-0.2, 0) is 4.74 Å². The zero-order valence-electron chi connectivity index (χ0n) is 5.06. The zero-order chi connectivity index (χ0) is 5.70. The van der Waals surface area contributed by atoms with E-state index in [1.807, 2.05) is 6.92 Å². The fraction of sp³-hybridized carbons (Fsp3) is 0.800. The van der Waals surface area contributed by atoms with Gasteiger partial charge < -0.3 is 4.74 Å². The maximum absolute atomic E-state index is 4.80. The minimum Gasteiger partial charge on any atom is -0.484 e. The molecule has 0 aliphatic heterocycles. The first kappa shape index (κ1) is 6.47. The Labute approximate surface area is 44.2 Å². The third-order valence-electron chi connectivity index (χ3n) is 0.787. The number of hydrogen-bond donors (Lipinski definition) is 0. The second-order valence-electron chi connectivity index (χ2n) is 1.18. The topological polar surface area (TPSA) is 21.6 Å². The summed E-state index contributed by atoms with van der Waals surface area (Å²) in [6.45, 7) is 2.01. The van der Waals surface area contributed by atoms with Crippen molar-refractivity contribution in [3.8, 4) is 0 Å². The van der Waals surface area contributed by atoms with Crippen molar-refractivity contribution in [1.82, 2.24) is 0 Å². The first-order valence-electron chi connectivity index (χ1n) is 2.34. The summed E-state index contributed by atoms with van der Waals surface area (Å²) in [6, 6.07) is 0. The van der Waals surface area contributed by atoms with Gasteiger partial charge in [0.2, 0.25) is 0 Å². The molecule has 0 bridgehead atoms. The molecule has 0 aliphatic rings. The minimum absolute atomic E-state index is 0.806. The molecule has 0 fully saturated rings. The Hall–Kier alpha value is -0.530. The van der Waals surface area contributed by atoms with Crippen LogP contribution in [0.1, 0.15) is 13.3 Å². The molecule has 0 radical (unpaired) electrons. The molecule has 0 N–H and O–H groups in total. The average Bonchev–Trinajstić information content (AvgIpc) is 1.72. The zero-order valence-corrected chi connectivity index (χ0v) is 5.06. The lowest BCUT2D eigenvalue weighted by molar-refractivity contribution is 0.391. The van der Waals surface area contributed by atoms with Gasteiger partial charge in [-0.05, 0) is 0 Å². The molecule has 0 heterocycles. The van der Waals surface area contributed by atoms with E-state index < -0.39 is 0 Å². The highest BCUT2D eigenvalue weighted by atomic mass is 16.5. The van der Waals surface area contributed by atoms with Gasteiger partial charge in [-0.2, -0.15) is 0 Å². The van der Waals surface area contributed by atoms with Crippen LogP contribution in [-0.4, -0.2) is 20.1 Å². The fourth-order valence-electron chi connectivity index (χ4n) is 0.394. The van der Waals surface area contributed by atoms with Crippen molar-refractivity contribution in [2.24, 2.45) is 4.99 Å². The number of ether oxygens (including phenoxy) is 1. The molecule has 0 aromatic carbocycles. The molecule has 42 valence electrons. The van der Waals surface area contributed by atoms with Crippen molar-refractivity contribution < 1.29 is 4.74 Å². The third kappa shape index (κ3) is 2.20. The molecule has 2 heteroatoms. The fourth-order valence-corrected chi connectivity index (χ4v) is 0.394. The van der Waals surface area contributed by atoms with Crippen LogP contribution in [0.15, 0.2) is 4.99 Å². The van der Waals surface area contributed by atoms with Gasteiger partial charge in [0.1, 0.15) is 0 Å². The predicted molar refractivity (Wildman–Crippen MR) is 30.7 cm³/mol. The maximum atomic E-state index is 4.80. The molecule has 7 heavy (non-hydrogen) atoms. The normalized spacial score (nSPS) is 11.6. The lowest BCUT2D eigenvalue weighted by Gasteiger charge is -1.95. The first-order valence-corrected chi connectivity index (χ1v) is 2.34. The molecule has 0 aliphatic carbocycles. The molecule has 0 amide bonds. The summed E-state index contributed by atoms with van der Waals surface area (Å²) < 4.78 is 4.80. The van der Waals surface area contributed by atoms with Crippen LogP contribution >= 0.6 is 0 Å². The average molecular weight is 101 g/mol. The monoisotopic (exact) mass is 101 g/mol. The van der Waals surface area contributed by atoms with E-state index in [9.17, 15) is 0 Å². The molecule has 0 unspecified atom stereocenters. The van der Waals surface area contributed by atoms with Crippen LogP contribution in [0.3, 0.4) is 0 Å². The van der Waals surface area contributed by atoms with E-state index in [0.29, 0.717) is 0 Å². The highest BCUT2D eigenvalue weighted by molar-refractivity contribution is 5.75. The maximum Gasteiger partial charge on any atom is 0.182 e. The Bertz CT molecular complexity index is 62.5. The van der Waals surface area contributed by atoms with Gasteiger partial charge in [0.25, 0.3) is 0 Å². The first-order chi connectivity index (χ1) is 3.35. The molecule has 0 aromatic rings. The quantitative estimate of drug-likeness (QED) is 0.357. The lowest BCUT2D eigenvalue weighted by atomic mass is 10.5. The summed E-state index contributed by atoms with van der Waals surface area (Å²) >= 11 is 0. The Morgan fingerprint density at radius 1 is 1.71 bits per heavy atom. The molecule has 0 aromatic heterocycles. The van der Waals surface area contributed by atoms with Gasteiger partial charge in [-0.15, -0.1) is 0 Å². The van der Waals surface area contributed by atoms with Gasteiger partial charge in [-0.1, -0.05) is 6.92 Å². The Morgan fingerprint density at radius 2 is 2.29 bits per heavy atom. The Morgan fingerprint density at radius 3 is 2.29 bits per heavy atom. The minimum atomic E-state index is 0.806. The molecule has 0 saturated carbocycles. The Kier molecular flexibility index (Phi) is 3.38. The number of hydrogen-bond acceptors (Lipinski definition) is 2. The highest BCUT2D eigenvalue weighted by Gasteiger charge is 1.85. The van der Waals surface area contributed by atoms with E-state index in [4.69, 9.17) is 4.74 Å². The highest BCUT2D eigenvalue weighted by Crippen LogP contribution is 1.82. The molecular weight excluding hydrogens is 90.1 g/mol. The third-order valence-corrected chi connectivity index (χ3v) is 0.787. The van der Waals surface area contributed by atoms with Crippen LogP contribution in [0, 0.1) is 0 Å². The summed E-state index contributed by atoms with van der Waals surface area (Å²) in [6.07, 6.45) is 0.882. The predicted octanol–water partition coefficient (Wildman–Crippen LogP) is 1.07. The summed E-state index contributed by atoms with van der Waals surface area (Å²) in [5, 5.41) is 0. The molecule has 0 atom stereocenters. The van der Waals surface area contributed by atoms with E-state index >= 15 is 0 Å². The van der Waals surface area contributed by atoms with Crippen LogP contribution in [0.25, 0.3) is 0 Å². The van der Waals surface area contributed by atoms with Crippen molar-refractivity contribution in [2.45, 2.75) is 13.3 Å². The van der Waals surface area contributed by atoms with Crippen LogP contribution in [0.5, 0.6) is 0 Å². The summed E-state index contributed by atoms with van der Waals surface area (Å²) in [4.78, 5) is 3.82. The van der Waals surface area contributed by atoms with Crippen LogP contribution in [0.2, 0.25) is 0 Å². The van der Waals surface area contributed by atoms with E-state index in [1.165, 1.54) is 0 Å². The van der Waals surface area contributed by atoms with Crippen molar-refractivity contribution >= 4 is 5.90 Å². The molecule has 0 rings (SSSR count). The summed E-state index contributed by atoms with van der Waals surface area (Å²) in [7, 11) is 3.36. The molecular formula is C5H11NO. The van der Waals surface area contributed by atoms with Gasteiger partial charge in [-0.3, -0.25) is 4.99 Å². The Balaban J connectivity index is 3.38. The largest absolute Gasteiger partial charge is 0.484 e. The van der Waals surface area contributed by atoms with Gasteiger partial charge in [0.15, 0.2) is 5.90 Å². The molecule has 0 spiro atoms. The van der Waals surface area contributed by atoms with E-state index in [0.717, 1.165) is 12.3 Å². The van der Waals surface area contributed by atoms with E-state index in [2.05, 4.69) is 4.99 Å². The smallest absolute Gasteiger partial charge is 0.182 e. The summed E-state index contributed by atoms with van der Waals surface area (Å²) in [5.41, 5.74) is 0. The van der Waals surface area contributed by atoms with Gasteiger partial charge >= 0.3 is 0 Å². The lowest BCUT2D eigenvalue weighted by Crippen LogP contribution is -1.96. The van der Waals surface area contributed by atoms with Gasteiger partial charge in [-0.25, -0.2) is 0 Å². The number of rotatable bonds is 1. The summed E-state index contributed by atoms with van der Waals surface area (Å²) in [5.74, 6) is 0.806. The second kappa shape index (κ2) is 3.65. The molecule has 0 saturated heterocycles. The van der Waals surface area contributed by atoms with Crippen LogP contribution in [0.4, 0.5) is 0 Å². The van der Waals surface area contributed by atoms with Crippen molar-refractivity contribution in [3.63, 3.8) is 0 Å². The van der Waals surface area contributed by atoms with Crippen LogP contribution < -0.4 is 0 Å².